The van der Waals surface area contributed by atoms with Crippen molar-refractivity contribution in [2.45, 2.75) is 25.5 Å². The van der Waals surface area contributed by atoms with E-state index in [9.17, 15) is 4.39 Å². The van der Waals surface area contributed by atoms with E-state index in [1.165, 1.54) is 18.9 Å². The van der Waals surface area contributed by atoms with Crippen molar-refractivity contribution in [1.82, 2.24) is 10.2 Å². The zero-order valence-corrected chi connectivity index (χ0v) is 11.6. The lowest BCUT2D eigenvalue weighted by molar-refractivity contribution is 0.109. The summed E-state index contributed by atoms with van der Waals surface area (Å²) in [7, 11) is 2.05. The molecule has 4 heteroatoms. The van der Waals surface area contributed by atoms with E-state index in [1.807, 2.05) is 6.07 Å². The van der Waals surface area contributed by atoms with Gasteiger partial charge >= 0.3 is 0 Å². The van der Waals surface area contributed by atoms with Gasteiger partial charge in [0.05, 0.1) is 6.10 Å². The Bertz CT molecular complexity index is 380. The topological polar surface area (TPSA) is 24.5 Å². The van der Waals surface area contributed by atoms with E-state index >= 15 is 0 Å². The highest BCUT2D eigenvalue weighted by Crippen LogP contribution is 2.10. The SMILES string of the molecule is CN(CCNCC1CCCO1)Cc1cccc(F)c1. The van der Waals surface area contributed by atoms with Gasteiger partial charge in [-0.3, -0.25) is 0 Å². The molecule has 1 fully saturated rings. The van der Waals surface area contributed by atoms with Crippen LogP contribution in [0.2, 0.25) is 0 Å². The van der Waals surface area contributed by atoms with E-state index in [0.29, 0.717) is 6.10 Å². The molecule has 0 saturated carbocycles. The van der Waals surface area contributed by atoms with Gasteiger partial charge in [0.1, 0.15) is 5.82 Å². The number of ether oxygens (including phenoxy) is 1. The number of hydrogen-bond acceptors (Lipinski definition) is 3. The van der Waals surface area contributed by atoms with Crippen LogP contribution in [0.4, 0.5) is 4.39 Å². The third kappa shape index (κ3) is 5.27. The molecular weight excluding hydrogens is 243 g/mol. The molecule has 1 unspecified atom stereocenters. The van der Waals surface area contributed by atoms with Crippen molar-refractivity contribution in [3.8, 4) is 0 Å². The number of benzene rings is 1. The molecule has 1 N–H and O–H groups in total. The molecule has 106 valence electrons. The molecule has 1 aromatic carbocycles. The minimum absolute atomic E-state index is 0.164. The maximum atomic E-state index is 13.1. The first-order valence-electron chi connectivity index (χ1n) is 6.99. The van der Waals surface area contributed by atoms with Crippen LogP contribution in [-0.2, 0) is 11.3 Å². The van der Waals surface area contributed by atoms with Crippen molar-refractivity contribution in [2.75, 3.05) is 33.3 Å². The number of halogens is 1. The third-order valence-electron chi connectivity index (χ3n) is 3.41. The predicted octanol–water partition coefficient (Wildman–Crippen LogP) is 2.03. The maximum Gasteiger partial charge on any atom is 0.123 e. The molecule has 2 rings (SSSR count). The lowest BCUT2D eigenvalue weighted by atomic mass is 10.2. The van der Waals surface area contributed by atoms with Gasteiger partial charge in [-0.05, 0) is 37.6 Å². The smallest absolute Gasteiger partial charge is 0.123 e. The van der Waals surface area contributed by atoms with Gasteiger partial charge in [0.15, 0.2) is 0 Å². The lowest BCUT2D eigenvalue weighted by Gasteiger charge is -2.18. The average molecular weight is 266 g/mol. The van der Waals surface area contributed by atoms with E-state index in [0.717, 1.165) is 38.3 Å². The van der Waals surface area contributed by atoms with E-state index in [4.69, 9.17) is 4.74 Å². The van der Waals surface area contributed by atoms with Crippen LogP contribution in [0.5, 0.6) is 0 Å². The summed E-state index contributed by atoms with van der Waals surface area (Å²) in [5.41, 5.74) is 1.02. The van der Waals surface area contributed by atoms with Crippen LogP contribution in [0, 0.1) is 5.82 Å². The highest BCUT2D eigenvalue weighted by Gasteiger charge is 2.14. The molecular formula is C15H23FN2O. The Morgan fingerprint density at radius 2 is 2.37 bits per heavy atom. The summed E-state index contributed by atoms with van der Waals surface area (Å²) in [6.07, 6.45) is 2.76. The molecule has 0 radical (unpaired) electrons. The summed E-state index contributed by atoms with van der Waals surface area (Å²) >= 11 is 0. The summed E-state index contributed by atoms with van der Waals surface area (Å²) in [5.74, 6) is -0.164. The normalized spacial score (nSPS) is 19.2. The Kier molecular flexibility index (Phi) is 5.76. The van der Waals surface area contributed by atoms with Crippen LogP contribution in [-0.4, -0.2) is 44.3 Å². The number of likely N-dealkylation sites (N-methyl/N-ethyl adjacent to an activating group) is 1. The van der Waals surface area contributed by atoms with Gasteiger partial charge in [0.25, 0.3) is 0 Å². The highest BCUT2D eigenvalue weighted by molar-refractivity contribution is 5.15. The molecule has 0 aliphatic carbocycles. The van der Waals surface area contributed by atoms with E-state index < -0.39 is 0 Å². The van der Waals surface area contributed by atoms with Gasteiger partial charge in [-0.2, -0.15) is 0 Å². The fraction of sp³-hybridized carbons (Fsp3) is 0.600. The van der Waals surface area contributed by atoms with Crippen LogP contribution in [0.15, 0.2) is 24.3 Å². The quantitative estimate of drug-likeness (QED) is 0.764. The Labute approximate surface area is 114 Å². The Morgan fingerprint density at radius 1 is 1.47 bits per heavy atom. The van der Waals surface area contributed by atoms with Crippen molar-refractivity contribution in [3.63, 3.8) is 0 Å². The first-order valence-corrected chi connectivity index (χ1v) is 6.99. The zero-order chi connectivity index (χ0) is 13.5. The zero-order valence-electron chi connectivity index (χ0n) is 11.6. The number of hydrogen-bond donors (Lipinski definition) is 1. The van der Waals surface area contributed by atoms with Crippen LogP contribution >= 0.6 is 0 Å². The highest BCUT2D eigenvalue weighted by atomic mass is 19.1. The third-order valence-corrected chi connectivity index (χ3v) is 3.41. The van der Waals surface area contributed by atoms with Gasteiger partial charge in [0.2, 0.25) is 0 Å². The molecule has 0 bridgehead atoms. The molecule has 1 aliphatic heterocycles. The van der Waals surface area contributed by atoms with Gasteiger partial charge < -0.3 is 15.0 Å². The molecule has 1 saturated heterocycles. The number of nitrogens with one attached hydrogen (secondary N) is 1. The molecule has 0 spiro atoms. The van der Waals surface area contributed by atoms with Crippen LogP contribution in [0.25, 0.3) is 0 Å². The maximum absolute atomic E-state index is 13.1. The summed E-state index contributed by atoms with van der Waals surface area (Å²) in [6.45, 7) is 4.51. The van der Waals surface area contributed by atoms with Gasteiger partial charge in [-0.1, -0.05) is 12.1 Å². The number of nitrogens with zero attached hydrogens (tertiary/aromatic N) is 1. The minimum Gasteiger partial charge on any atom is -0.377 e. The first-order chi connectivity index (χ1) is 9.24. The second-order valence-electron chi connectivity index (χ2n) is 5.21. The Hall–Kier alpha value is -0.970. The van der Waals surface area contributed by atoms with Crippen molar-refractivity contribution in [1.29, 1.82) is 0 Å². The Morgan fingerprint density at radius 3 is 3.11 bits per heavy atom. The standard InChI is InChI=1S/C15H23FN2O/c1-18(12-13-4-2-5-14(16)10-13)8-7-17-11-15-6-3-9-19-15/h2,4-5,10,15,17H,3,6-9,11-12H2,1H3. The van der Waals surface area contributed by atoms with Gasteiger partial charge in [0, 0.05) is 32.8 Å². The summed E-state index contributed by atoms with van der Waals surface area (Å²) in [4.78, 5) is 2.19. The molecule has 0 aromatic heterocycles. The molecule has 0 amide bonds. The molecule has 19 heavy (non-hydrogen) atoms. The summed E-state index contributed by atoms with van der Waals surface area (Å²) < 4.78 is 18.6. The van der Waals surface area contributed by atoms with Crippen LogP contribution < -0.4 is 5.32 Å². The van der Waals surface area contributed by atoms with Crippen molar-refractivity contribution in [2.24, 2.45) is 0 Å². The fourth-order valence-electron chi connectivity index (χ4n) is 2.36. The average Bonchev–Trinajstić information content (AvgIpc) is 2.88. The van der Waals surface area contributed by atoms with E-state index in [2.05, 4.69) is 17.3 Å². The monoisotopic (exact) mass is 266 g/mol. The summed E-state index contributed by atoms with van der Waals surface area (Å²) in [5, 5.41) is 3.41. The summed E-state index contributed by atoms with van der Waals surface area (Å²) in [6, 6.07) is 6.79. The van der Waals surface area contributed by atoms with Crippen LogP contribution in [0.1, 0.15) is 18.4 Å². The predicted molar refractivity (Wildman–Crippen MR) is 74.6 cm³/mol. The van der Waals surface area contributed by atoms with E-state index in [1.54, 1.807) is 12.1 Å². The second-order valence-corrected chi connectivity index (χ2v) is 5.21. The van der Waals surface area contributed by atoms with Crippen molar-refractivity contribution < 1.29 is 9.13 Å². The van der Waals surface area contributed by atoms with Gasteiger partial charge in [-0.25, -0.2) is 4.39 Å². The van der Waals surface area contributed by atoms with Gasteiger partial charge in [-0.15, -0.1) is 0 Å². The largest absolute Gasteiger partial charge is 0.377 e. The fourth-order valence-corrected chi connectivity index (χ4v) is 2.36. The van der Waals surface area contributed by atoms with E-state index in [-0.39, 0.29) is 5.82 Å². The van der Waals surface area contributed by atoms with Crippen molar-refractivity contribution >= 4 is 0 Å². The second kappa shape index (κ2) is 7.58. The Balaban J connectivity index is 1.60. The molecule has 1 heterocycles. The first kappa shape index (κ1) is 14.4. The molecule has 1 atom stereocenters. The lowest BCUT2D eigenvalue weighted by Crippen LogP contribution is -2.33. The number of rotatable bonds is 7. The van der Waals surface area contributed by atoms with Crippen molar-refractivity contribution in [3.05, 3.63) is 35.6 Å². The minimum atomic E-state index is -0.164. The molecule has 1 aromatic rings. The molecule has 1 aliphatic rings. The van der Waals surface area contributed by atoms with Crippen LogP contribution in [0.3, 0.4) is 0 Å². The molecule has 3 nitrogen and oxygen atoms in total.